The number of carbonyl (C=O) groups excluding carboxylic acids is 1. The van der Waals surface area contributed by atoms with Crippen LogP contribution < -0.4 is 9.47 Å². The van der Waals surface area contributed by atoms with Gasteiger partial charge < -0.3 is 18.9 Å². The van der Waals surface area contributed by atoms with Crippen LogP contribution in [0.25, 0.3) is 0 Å². The summed E-state index contributed by atoms with van der Waals surface area (Å²) in [5.74, 6) is -0.0278. The molecule has 7 heteroatoms. The molecular formula is C21H26N2O5. The highest BCUT2D eigenvalue weighted by Crippen LogP contribution is 2.25. The quantitative estimate of drug-likeness (QED) is 0.505. The van der Waals surface area contributed by atoms with Crippen molar-refractivity contribution in [3.8, 4) is 11.8 Å². The van der Waals surface area contributed by atoms with E-state index in [1.807, 2.05) is 12.1 Å². The summed E-state index contributed by atoms with van der Waals surface area (Å²) in [5, 5.41) is 0. The van der Waals surface area contributed by atoms with Gasteiger partial charge in [-0.15, -0.1) is 0 Å². The van der Waals surface area contributed by atoms with Crippen LogP contribution in [0.15, 0.2) is 36.7 Å². The zero-order valence-corrected chi connectivity index (χ0v) is 16.3. The lowest BCUT2D eigenvalue weighted by molar-refractivity contribution is -0.137. The summed E-state index contributed by atoms with van der Waals surface area (Å²) in [6.45, 7) is 3.32. The third-order valence-corrected chi connectivity index (χ3v) is 4.64. The normalized spacial score (nSPS) is 19.2. The Labute approximate surface area is 165 Å². The molecule has 7 nitrogen and oxygen atoms in total. The molecule has 0 unspecified atom stereocenters. The second-order valence-corrected chi connectivity index (χ2v) is 6.69. The van der Waals surface area contributed by atoms with Crippen LogP contribution in [0.5, 0.6) is 11.8 Å². The maximum absolute atomic E-state index is 12.2. The van der Waals surface area contributed by atoms with E-state index in [-0.39, 0.29) is 18.2 Å². The van der Waals surface area contributed by atoms with Gasteiger partial charge in [0.1, 0.15) is 6.10 Å². The first-order chi connectivity index (χ1) is 13.7. The Balaban J connectivity index is 1.51. The Morgan fingerprint density at radius 3 is 2.46 bits per heavy atom. The van der Waals surface area contributed by atoms with Gasteiger partial charge in [0.2, 0.25) is 0 Å². The van der Waals surface area contributed by atoms with Gasteiger partial charge >= 0.3 is 12.0 Å². The minimum atomic E-state index is -0.520. The number of unbranched alkanes of at least 4 members (excludes halogenated alkanes) is 2. The molecule has 0 aliphatic carbocycles. The third-order valence-electron chi connectivity index (χ3n) is 4.64. The highest BCUT2D eigenvalue weighted by Gasteiger charge is 2.23. The highest BCUT2D eigenvalue weighted by molar-refractivity contribution is 5.90. The predicted octanol–water partition coefficient (Wildman–Crippen LogP) is 3.74. The summed E-state index contributed by atoms with van der Waals surface area (Å²) in [5.41, 5.74) is 1.39. The second kappa shape index (κ2) is 10.1. The molecule has 2 heterocycles. The first-order valence-electron chi connectivity index (χ1n) is 9.61. The van der Waals surface area contributed by atoms with Crippen molar-refractivity contribution in [1.82, 2.24) is 9.97 Å². The van der Waals surface area contributed by atoms with Gasteiger partial charge in [-0.3, -0.25) is 0 Å². The number of esters is 1. The van der Waals surface area contributed by atoms with E-state index in [4.69, 9.17) is 18.9 Å². The minimum Gasteiger partial charge on any atom is -0.494 e. The summed E-state index contributed by atoms with van der Waals surface area (Å²) in [4.78, 5) is 20.1. The van der Waals surface area contributed by atoms with Gasteiger partial charge in [-0.25, -0.2) is 4.79 Å². The average molecular weight is 386 g/mol. The molecule has 1 aromatic heterocycles. The van der Waals surface area contributed by atoms with Crippen molar-refractivity contribution in [2.75, 3.05) is 20.3 Å². The van der Waals surface area contributed by atoms with Crippen LogP contribution >= 0.6 is 0 Å². The molecule has 28 heavy (non-hydrogen) atoms. The zero-order chi connectivity index (χ0) is 19.8. The minimum absolute atomic E-state index is 0.0204. The number of aromatic nitrogens is 2. The first kappa shape index (κ1) is 20.2. The smallest absolute Gasteiger partial charge is 0.345 e. The zero-order valence-electron chi connectivity index (χ0n) is 16.3. The van der Waals surface area contributed by atoms with Crippen molar-refractivity contribution in [2.45, 2.75) is 44.8 Å². The number of hydrogen-bond acceptors (Lipinski definition) is 7. The van der Waals surface area contributed by atoms with Crippen molar-refractivity contribution >= 4 is 5.97 Å². The fourth-order valence-corrected chi connectivity index (χ4v) is 2.96. The van der Waals surface area contributed by atoms with Crippen LogP contribution in [-0.2, 0) is 9.47 Å². The molecule has 0 spiro atoms. The monoisotopic (exact) mass is 386 g/mol. The van der Waals surface area contributed by atoms with E-state index in [1.54, 1.807) is 12.1 Å². The number of nitrogens with zero attached hydrogens (tertiary/aromatic N) is 2. The SMILES string of the molecule is CCCCC[C@@H]1CO[C@@H](c2ccc(C(=O)Oc3ncc(OC)cn3)cc2)CO1. The largest absolute Gasteiger partial charge is 0.494 e. The number of rotatable bonds is 8. The number of carbonyl (C=O) groups is 1. The Morgan fingerprint density at radius 1 is 1.11 bits per heavy atom. The number of methoxy groups -OCH3 is 1. The Hall–Kier alpha value is -2.51. The lowest BCUT2D eigenvalue weighted by atomic mass is 10.1. The van der Waals surface area contributed by atoms with Crippen molar-refractivity contribution in [3.05, 3.63) is 47.8 Å². The van der Waals surface area contributed by atoms with Crippen LogP contribution in [0.2, 0.25) is 0 Å². The first-order valence-corrected chi connectivity index (χ1v) is 9.61. The molecular weight excluding hydrogens is 360 g/mol. The summed E-state index contributed by atoms with van der Waals surface area (Å²) in [6.07, 6.45) is 7.59. The summed E-state index contributed by atoms with van der Waals surface area (Å²) >= 11 is 0. The maximum Gasteiger partial charge on any atom is 0.345 e. The summed E-state index contributed by atoms with van der Waals surface area (Å²) < 4.78 is 22.0. The van der Waals surface area contributed by atoms with Crippen molar-refractivity contribution in [3.63, 3.8) is 0 Å². The van der Waals surface area contributed by atoms with Gasteiger partial charge in [0.05, 0.1) is 44.4 Å². The van der Waals surface area contributed by atoms with E-state index < -0.39 is 5.97 Å². The summed E-state index contributed by atoms with van der Waals surface area (Å²) in [6, 6.07) is 7.11. The van der Waals surface area contributed by atoms with Gasteiger partial charge in [-0.1, -0.05) is 38.3 Å². The molecule has 3 rings (SSSR count). The second-order valence-electron chi connectivity index (χ2n) is 6.69. The van der Waals surface area contributed by atoms with Crippen LogP contribution in [0.4, 0.5) is 0 Å². The Morgan fingerprint density at radius 2 is 1.86 bits per heavy atom. The van der Waals surface area contributed by atoms with E-state index >= 15 is 0 Å². The van der Waals surface area contributed by atoms with E-state index in [9.17, 15) is 4.79 Å². The predicted molar refractivity (Wildman–Crippen MR) is 103 cm³/mol. The highest BCUT2D eigenvalue weighted by atomic mass is 16.6. The molecule has 1 saturated heterocycles. The van der Waals surface area contributed by atoms with Crippen LogP contribution in [-0.4, -0.2) is 42.4 Å². The Bertz CT molecular complexity index is 740. The Kier molecular flexibility index (Phi) is 7.33. The van der Waals surface area contributed by atoms with E-state index in [0.717, 1.165) is 12.0 Å². The van der Waals surface area contributed by atoms with Crippen LogP contribution in [0.3, 0.4) is 0 Å². The standard InChI is InChI=1S/C21H26N2O5/c1-3-4-5-6-17-13-27-19(14-26-17)15-7-9-16(10-8-15)20(24)28-21-22-11-18(25-2)12-23-21/h7-12,17,19H,3-6,13-14H2,1-2H3/t17-,19-/m1/s1. The van der Waals surface area contributed by atoms with Gasteiger partial charge in [-0.2, -0.15) is 9.97 Å². The fraction of sp³-hybridized carbons (Fsp3) is 0.476. The molecule has 0 saturated carbocycles. The van der Waals surface area contributed by atoms with Gasteiger partial charge in [0.15, 0.2) is 5.75 Å². The number of ether oxygens (including phenoxy) is 4. The fourth-order valence-electron chi connectivity index (χ4n) is 2.96. The van der Waals surface area contributed by atoms with Crippen LogP contribution in [0, 0.1) is 0 Å². The van der Waals surface area contributed by atoms with E-state index in [0.29, 0.717) is 24.5 Å². The molecule has 1 fully saturated rings. The maximum atomic E-state index is 12.2. The van der Waals surface area contributed by atoms with Crippen molar-refractivity contribution in [2.24, 2.45) is 0 Å². The lowest BCUT2D eigenvalue weighted by Crippen LogP contribution is -2.31. The van der Waals surface area contributed by atoms with Crippen molar-refractivity contribution < 1.29 is 23.7 Å². The number of hydrogen-bond donors (Lipinski definition) is 0. The molecule has 1 aliphatic rings. The van der Waals surface area contributed by atoms with Gasteiger partial charge in [0, 0.05) is 0 Å². The molecule has 0 amide bonds. The summed E-state index contributed by atoms with van der Waals surface area (Å²) in [7, 11) is 1.51. The van der Waals surface area contributed by atoms with E-state index in [1.165, 1.54) is 38.8 Å². The van der Waals surface area contributed by atoms with Gasteiger partial charge in [-0.05, 0) is 24.1 Å². The molecule has 150 valence electrons. The third kappa shape index (κ3) is 5.50. The molecule has 0 radical (unpaired) electrons. The average Bonchev–Trinajstić information content (AvgIpc) is 2.75. The topological polar surface area (TPSA) is 79.8 Å². The van der Waals surface area contributed by atoms with Crippen molar-refractivity contribution in [1.29, 1.82) is 0 Å². The molecule has 2 aromatic rings. The van der Waals surface area contributed by atoms with Crippen LogP contribution in [0.1, 0.15) is 54.6 Å². The van der Waals surface area contributed by atoms with E-state index in [2.05, 4.69) is 16.9 Å². The van der Waals surface area contributed by atoms with Gasteiger partial charge in [0.25, 0.3) is 0 Å². The molecule has 0 bridgehead atoms. The molecule has 1 aliphatic heterocycles. The molecule has 1 aromatic carbocycles. The molecule has 2 atom stereocenters. The molecule has 0 N–H and O–H groups in total. The lowest BCUT2D eigenvalue weighted by Gasteiger charge is -2.30. The number of benzene rings is 1.